The Morgan fingerprint density at radius 2 is 1.78 bits per heavy atom. The van der Waals surface area contributed by atoms with Crippen molar-refractivity contribution in [3.63, 3.8) is 0 Å². The van der Waals surface area contributed by atoms with Crippen LogP contribution in [0.5, 0.6) is 0 Å². The van der Waals surface area contributed by atoms with Gasteiger partial charge in [-0.15, -0.1) is 0 Å². The number of carbonyl (C=O) groups is 1. The molecule has 0 saturated heterocycles. The summed E-state index contributed by atoms with van der Waals surface area (Å²) in [7, 11) is 0. The van der Waals surface area contributed by atoms with Gasteiger partial charge in [0.1, 0.15) is 0 Å². The number of nitrogens with zero attached hydrogens (tertiary/aromatic N) is 1. The summed E-state index contributed by atoms with van der Waals surface area (Å²) in [5.41, 5.74) is -3.14. The van der Waals surface area contributed by atoms with Crippen LogP contribution in [0.2, 0.25) is 0 Å². The summed E-state index contributed by atoms with van der Waals surface area (Å²) >= 11 is 1.73. The molecular formula is C19H12F3IN2OS. The molecule has 138 valence electrons. The highest BCUT2D eigenvalue weighted by Gasteiger charge is 2.28. The lowest BCUT2D eigenvalue weighted by Gasteiger charge is -2.12. The Labute approximate surface area is 171 Å². The summed E-state index contributed by atoms with van der Waals surface area (Å²) in [5.74, 6) is -0.633. The summed E-state index contributed by atoms with van der Waals surface area (Å²) < 4.78 is 38.9. The molecule has 2 aromatic carbocycles. The molecule has 3 nitrogen and oxygen atoms in total. The van der Waals surface area contributed by atoms with Crippen LogP contribution in [0.4, 0.5) is 18.9 Å². The average molecular weight is 500 g/mol. The molecule has 0 spiro atoms. The molecule has 27 heavy (non-hydrogen) atoms. The molecule has 0 aliphatic carbocycles. The van der Waals surface area contributed by atoms with E-state index >= 15 is 0 Å². The number of hydrogen-bond donors (Lipinski definition) is 1. The zero-order chi connectivity index (χ0) is 19.4. The number of rotatable bonds is 4. The number of aromatic nitrogens is 1. The van der Waals surface area contributed by atoms with Crippen molar-refractivity contribution in [1.82, 2.24) is 4.98 Å². The number of pyridine rings is 1. The van der Waals surface area contributed by atoms with Crippen molar-refractivity contribution >= 4 is 62.4 Å². The van der Waals surface area contributed by atoms with Crippen molar-refractivity contribution in [2.75, 3.05) is 5.32 Å². The van der Waals surface area contributed by atoms with Gasteiger partial charge >= 0.3 is 5.51 Å². The molecule has 0 bridgehead atoms. The van der Waals surface area contributed by atoms with Gasteiger partial charge in [0.05, 0.1) is 16.8 Å². The molecule has 1 N–H and O–H groups in total. The van der Waals surface area contributed by atoms with Crippen LogP contribution >= 0.6 is 34.4 Å². The number of halogens is 4. The number of fused-ring (bicyclic) bond motifs is 1. The van der Waals surface area contributed by atoms with E-state index in [2.05, 4.69) is 32.9 Å². The Balaban J connectivity index is 1.96. The second-order valence-corrected chi connectivity index (χ2v) is 7.62. The van der Waals surface area contributed by atoms with Crippen LogP contribution in [0.15, 0.2) is 66.2 Å². The van der Waals surface area contributed by atoms with E-state index in [1.807, 2.05) is 12.1 Å². The summed E-state index contributed by atoms with van der Waals surface area (Å²) in [6.45, 7) is 0. The Kier molecular flexibility index (Phi) is 6.05. The molecule has 0 unspecified atom stereocenters. The van der Waals surface area contributed by atoms with E-state index in [4.69, 9.17) is 0 Å². The molecule has 3 rings (SSSR count). The minimum Gasteiger partial charge on any atom is -0.320 e. The molecule has 3 aromatic rings. The maximum Gasteiger partial charge on any atom is 0.445 e. The molecular weight excluding hydrogens is 488 g/mol. The van der Waals surface area contributed by atoms with Crippen LogP contribution in [0.3, 0.4) is 0 Å². The Morgan fingerprint density at radius 1 is 1.07 bits per heavy atom. The number of para-hydroxylation sites is 1. The lowest BCUT2D eigenvalue weighted by molar-refractivity contribution is -0.111. The van der Waals surface area contributed by atoms with Crippen LogP contribution in [0, 0.1) is 3.57 Å². The van der Waals surface area contributed by atoms with Gasteiger partial charge in [-0.1, -0.05) is 30.3 Å². The number of benzene rings is 2. The van der Waals surface area contributed by atoms with Crippen molar-refractivity contribution < 1.29 is 18.0 Å². The van der Waals surface area contributed by atoms with E-state index in [-0.39, 0.29) is 17.3 Å². The third-order valence-corrected chi connectivity index (χ3v) is 4.93. The second-order valence-electron chi connectivity index (χ2n) is 5.44. The van der Waals surface area contributed by atoms with Crippen molar-refractivity contribution in [1.29, 1.82) is 0 Å². The largest absolute Gasteiger partial charge is 0.445 e. The predicted octanol–water partition coefficient (Wildman–Crippen LogP) is 6.07. The first-order chi connectivity index (χ1) is 12.8. The second kappa shape index (κ2) is 8.30. The van der Waals surface area contributed by atoms with Crippen LogP contribution < -0.4 is 5.32 Å². The maximum absolute atomic E-state index is 12.8. The highest BCUT2D eigenvalue weighted by Crippen LogP contribution is 2.34. The number of carbonyl (C=O) groups excluding carboxylic acids is 1. The molecule has 0 saturated carbocycles. The number of thioether (sulfide) groups is 1. The third-order valence-electron chi connectivity index (χ3n) is 3.59. The van der Waals surface area contributed by atoms with Crippen molar-refractivity contribution in [2.24, 2.45) is 0 Å². The Hall–Kier alpha value is -2.07. The lowest BCUT2D eigenvalue weighted by atomic mass is 10.1. The van der Waals surface area contributed by atoms with Crippen LogP contribution in [0.25, 0.3) is 16.5 Å². The number of alkyl halides is 3. The van der Waals surface area contributed by atoms with Crippen molar-refractivity contribution in [2.45, 2.75) is 5.51 Å². The van der Waals surface area contributed by atoms with Gasteiger partial charge in [0.2, 0.25) is 0 Å². The van der Waals surface area contributed by atoms with E-state index in [1.165, 1.54) is 0 Å². The highest BCUT2D eigenvalue weighted by atomic mass is 127. The molecule has 0 aliphatic rings. The minimum absolute atomic E-state index is 0.0679. The topological polar surface area (TPSA) is 42.0 Å². The fourth-order valence-electron chi connectivity index (χ4n) is 2.40. The van der Waals surface area contributed by atoms with Crippen LogP contribution in [-0.4, -0.2) is 16.4 Å². The first-order valence-electron chi connectivity index (χ1n) is 7.69. The molecule has 8 heteroatoms. The van der Waals surface area contributed by atoms with Gasteiger partial charge < -0.3 is 5.32 Å². The number of anilines is 1. The minimum atomic E-state index is -4.48. The van der Waals surface area contributed by atoms with E-state index in [0.29, 0.717) is 16.8 Å². The first kappa shape index (κ1) is 19.7. The van der Waals surface area contributed by atoms with Crippen LogP contribution in [0.1, 0.15) is 5.56 Å². The first-order valence-corrected chi connectivity index (χ1v) is 9.65. The van der Waals surface area contributed by atoms with E-state index < -0.39 is 11.4 Å². The van der Waals surface area contributed by atoms with Crippen molar-refractivity contribution in [3.8, 4) is 0 Å². The quantitative estimate of drug-likeness (QED) is 0.349. The highest BCUT2D eigenvalue weighted by molar-refractivity contribution is 14.1. The Bertz CT molecular complexity index is 999. The fraction of sp³-hybridized carbons (Fsp3) is 0.0526. The lowest BCUT2D eigenvalue weighted by Crippen LogP contribution is -2.14. The van der Waals surface area contributed by atoms with E-state index in [1.54, 1.807) is 48.7 Å². The molecule has 0 radical (unpaired) electrons. The molecule has 0 fully saturated rings. The molecule has 1 heterocycles. The van der Waals surface area contributed by atoms with Gasteiger partial charge in [-0.25, -0.2) is 0 Å². The smallest absolute Gasteiger partial charge is 0.320 e. The number of amides is 1. The number of hydrogen-bond acceptors (Lipinski definition) is 3. The van der Waals surface area contributed by atoms with Gasteiger partial charge in [-0.3, -0.25) is 9.78 Å². The molecule has 0 aliphatic heterocycles. The SMILES string of the molecule is O=C(Nc1cccc2cccnc12)/C(=C\SC(F)(F)F)c1ccc(I)cc1. The Morgan fingerprint density at radius 3 is 2.48 bits per heavy atom. The zero-order valence-electron chi connectivity index (χ0n) is 13.6. The summed E-state index contributed by atoms with van der Waals surface area (Å²) in [5, 5.41) is 4.33. The van der Waals surface area contributed by atoms with Gasteiger partial charge in [-0.05, 0) is 69.6 Å². The standard InChI is InChI=1S/C19H12F3IN2OS/c20-19(21,22)27-11-15(12-6-8-14(23)9-7-12)18(26)25-16-5-1-3-13-4-2-10-24-17(13)16/h1-11H,(H,25,26)/b15-11-. The molecule has 1 amide bonds. The zero-order valence-corrected chi connectivity index (χ0v) is 16.6. The predicted molar refractivity (Wildman–Crippen MR) is 111 cm³/mol. The van der Waals surface area contributed by atoms with E-state index in [0.717, 1.165) is 14.4 Å². The van der Waals surface area contributed by atoms with Gasteiger partial charge in [0.25, 0.3) is 5.91 Å². The van der Waals surface area contributed by atoms with Gasteiger partial charge in [0, 0.05) is 15.2 Å². The van der Waals surface area contributed by atoms with Gasteiger partial charge in [0.15, 0.2) is 0 Å². The van der Waals surface area contributed by atoms with E-state index in [9.17, 15) is 18.0 Å². The number of nitrogens with one attached hydrogen (secondary N) is 1. The average Bonchev–Trinajstić information content (AvgIpc) is 2.63. The van der Waals surface area contributed by atoms with Gasteiger partial charge in [-0.2, -0.15) is 13.2 Å². The molecule has 1 aromatic heterocycles. The monoisotopic (exact) mass is 500 g/mol. The maximum atomic E-state index is 12.8. The van der Waals surface area contributed by atoms with Crippen LogP contribution in [-0.2, 0) is 4.79 Å². The summed E-state index contributed by atoms with van der Waals surface area (Å²) in [4.78, 5) is 17.0. The summed E-state index contributed by atoms with van der Waals surface area (Å²) in [6, 6.07) is 15.6. The normalized spacial score (nSPS) is 12.2. The summed E-state index contributed by atoms with van der Waals surface area (Å²) in [6.07, 6.45) is 1.59. The fourth-order valence-corrected chi connectivity index (χ4v) is 3.26. The third kappa shape index (κ3) is 5.23. The van der Waals surface area contributed by atoms with Crippen molar-refractivity contribution in [3.05, 3.63) is 75.3 Å². The molecule has 0 atom stereocenters.